The van der Waals surface area contributed by atoms with Gasteiger partial charge in [0.25, 0.3) is 0 Å². The van der Waals surface area contributed by atoms with Crippen LogP contribution >= 0.6 is 11.3 Å². The van der Waals surface area contributed by atoms with E-state index in [1.165, 1.54) is 11.3 Å². The number of nitrogen functional groups attached to an aromatic ring is 1. The third-order valence-corrected chi connectivity index (χ3v) is 2.26. The molecule has 1 aromatic heterocycles. The van der Waals surface area contributed by atoms with Crippen LogP contribution in [0.3, 0.4) is 0 Å². The van der Waals surface area contributed by atoms with E-state index >= 15 is 0 Å². The Morgan fingerprint density at radius 3 is 3.19 bits per heavy atom. The summed E-state index contributed by atoms with van der Waals surface area (Å²) < 4.78 is 4.61. The molecule has 0 spiro atoms. The van der Waals surface area contributed by atoms with Crippen LogP contribution in [0.25, 0.3) is 0 Å². The lowest BCUT2D eigenvalue weighted by atomic mass is 10.4. The largest absolute Gasteiger partial charge is 0.462 e. The van der Waals surface area contributed by atoms with Crippen LogP contribution in [0.2, 0.25) is 0 Å². The van der Waals surface area contributed by atoms with E-state index < -0.39 is 5.97 Å². The van der Waals surface area contributed by atoms with Crippen molar-refractivity contribution in [1.82, 2.24) is 4.98 Å². The first-order valence-corrected chi connectivity index (χ1v) is 5.62. The van der Waals surface area contributed by atoms with Crippen molar-refractivity contribution in [3.8, 4) is 0 Å². The number of oxime groups is 1. The average Bonchev–Trinajstić information content (AvgIpc) is 2.64. The molecule has 1 aromatic rings. The van der Waals surface area contributed by atoms with E-state index in [9.17, 15) is 4.79 Å². The van der Waals surface area contributed by atoms with Crippen LogP contribution in [-0.2, 0) is 20.8 Å². The minimum atomic E-state index is -0.514. The SMILES string of the molecule is CCOC(=O)C=NOCCc1csc(N)n1. The van der Waals surface area contributed by atoms with E-state index in [0.717, 1.165) is 11.9 Å². The van der Waals surface area contributed by atoms with Gasteiger partial charge in [-0.05, 0) is 6.92 Å². The standard InChI is InChI=1S/C9H13N3O3S/c1-2-14-8(13)5-11-15-4-3-7-6-16-9(10)12-7/h5-6H,2-4H2,1H3,(H2,10,12). The second-order valence-corrected chi connectivity index (χ2v) is 3.64. The van der Waals surface area contributed by atoms with Gasteiger partial charge in [-0.15, -0.1) is 11.3 Å². The summed E-state index contributed by atoms with van der Waals surface area (Å²) in [6.45, 7) is 2.39. The van der Waals surface area contributed by atoms with Gasteiger partial charge in [0.15, 0.2) is 11.3 Å². The van der Waals surface area contributed by atoms with Gasteiger partial charge in [-0.2, -0.15) is 0 Å². The first-order valence-electron chi connectivity index (χ1n) is 4.74. The number of rotatable bonds is 6. The maximum absolute atomic E-state index is 10.8. The number of aromatic nitrogens is 1. The number of nitrogens with zero attached hydrogens (tertiary/aromatic N) is 2. The van der Waals surface area contributed by atoms with Crippen molar-refractivity contribution in [3.63, 3.8) is 0 Å². The molecule has 0 saturated heterocycles. The third-order valence-electron chi connectivity index (χ3n) is 1.54. The molecule has 0 bridgehead atoms. The molecular formula is C9H13N3O3S. The highest BCUT2D eigenvalue weighted by molar-refractivity contribution is 7.13. The van der Waals surface area contributed by atoms with Gasteiger partial charge in [-0.25, -0.2) is 9.78 Å². The summed E-state index contributed by atoms with van der Waals surface area (Å²) >= 11 is 1.38. The zero-order valence-electron chi connectivity index (χ0n) is 8.88. The Kier molecular flexibility index (Phi) is 5.27. The second kappa shape index (κ2) is 6.78. The molecule has 2 N–H and O–H groups in total. The summed E-state index contributed by atoms with van der Waals surface area (Å²) in [5, 5.41) is 5.84. The molecule has 1 rings (SSSR count). The Morgan fingerprint density at radius 2 is 2.56 bits per heavy atom. The molecule has 88 valence electrons. The molecule has 0 radical (unpaired) electrons. The molecule has 0 aliphatic carbocycles. The van der Waals surface area contributed by atoms with Crippen molar-refractivity contribution < 1.29 is 14.4 Å². The van der Waals surface area contributed by atoms with Gasteiger partial charge < -0.3 is 15.3 Å². The molecule has 7 heteroatoms. The van der Waals surface area contributed by atoms with E-state index in [2.05, 4.69) is 14.9 Å². The summed E-state index contributed by atoms with van der Waals surface area (Å²) in [7, 11) is 0. The molecule has 16 heavy (non-hydrogen) atoms. The number of carbonyl (C=O) groups excluding carboxylic acids is 1. The van der Waals surface area contributed by atoms with Crippen molar-refractivity contribution in [2.24, 2.45) is 5.16 Å². The molecule has 0 aromatic carbocycles. The molecular weight excluding hydrogens is 230 g/mol. The molecule has 1 heterocycles. The lowest BCUT2D eigenvalue weighted by molar-refractivity contribution is -0.134. The highest BCUT2D eigenvalue weighted by atomic mass is 32.1. The monoisotopic (exact) mass is 243 g/mol. The predicted molar refractivity (Wildman–Crippen MR) is 61.3 cm³/mol. The molecule has 0 saturated carbocycles. The van der Waals surface area contributed by atoms with Crippen molar-refractivity contribution in [1.29, 1.82) is 0 Å². The van der Waals surface area contributed by atoms with E-state index in [-0.39, 0.29) is 0 Å². The summed E-state index contributed by atoms with van der Waals surface area (Å²) in [5.74, 6) is -0.514. The van der Waals surface area contributed by atoms with Crippen LogP contribution in [0, 0.1) is 0 Å². The van der Waals surface area contributed by atoms with Gasteiger partial charge in [0, 0.05) is 11.8 Å². The Balaban J connectivity index is 2.14. The molecule has 0 unspecified atom stereocenters. The van der Waals surface area contributed by atoms with Crippen molar-refractivity contribution >= 4 is 28.7 Å². The molecule has 0 atom stereocenters. The van der Waals surface area contributed by atoms with Gasteiger partial charge >= 0.3 is 5.97 Å². The first kappa shape index (κ1) is 12.4. The molecule has 0 amide bonds. The molecule has 0 aliphatic heterocycles. The molecule has 0 aliphatic rings. The number of ether oxygens (including phenoxy) is 1. The number of hydrogen-bond acceptors (Lipinski definition) is 7. The second-order valence-electron chi connectivity index (χ2n) is 2.75. The smallest absolute Gasteiger partial charge is 0.352 e. The van der Waals surface area contributed by atoms with Crippen LogP contribution in [0.15, 0.2) is 10.5 Å². The summed E-state index contributed by atoms with van der Waals surface area (Å²) in [4.78, 5) is 19.7. The van der Waals surface area contributed by atoms with Gasteiger partial charge in [0.1, 0.15) is 6.61 Å². The molecule has 0 fully saturated rings. The van der Waals surface area contributed by atoms with Crippen molar-refractivity contribution in [2.45, 2.75) is 13.3 Å². The zero-order chi connectivity index (χ0) is 11.8. The third kappa shape index (κ3) is 4.74. The highest BCUT2D eigenvalue weighted by Gasteiger charge is 1.98. The first-order chi connectivity index (χ1) is 7.72. The molecule has 6 nitrogen and oxygen atoms in total. The minimum absolute atomic E-state index is 0.322. The quantitative estimate of drug-likeness (QED) is 0.346. The average molecular weight is 243 g/mol. The van der Waals surface area contributed by atoms with E-state index in [1.807, 2.05) is 5.38 Å². The number of thiazole rings is 1. The van der Waals surface area contributed by atoms with E-state index in [0.29, 0.717) is 24.8 Å². The number of esters is 1. The van der Waals surface area contributed by atoms with Crippen molar-refractivity contribution in [2.75, 3.05) is 18.9 Å². The maximum Gasteiger partial charge on any atom is 0.352 e. The minimum Gasteiger partial charge on any atom is -0.462 e. The van der Waals surface area contributed by atoms with Gasteiger partial charge in [0.05, 0.1) is 12.3 Å². The topological polar surface area (TPSA) is 86.8 Å². The Bertz CT molecular complexity index is 365. The van der Waals surface area contributed by atoms with Crippen LogP contribution in [0.4, 0.5) is 5.13 Å². The Hall–Kier alpha value is -1.63. The van der Waals surface area contributed by atoms with Crippen LogP contribution in [0.5, 0.6) is 0 Å². The summed E-state index contributed by atoms with van der Waals surface area (Å²) in [5.41, 5.74) is 6.31. The Morgan fingerprint density at radius 1 is 1.75 bits per heavy atom. The number of anilines is 1. The Labute approximate surface area is 97.1 Å². The fourth-order valence-electron chi connectivity index (χ4n) is 0.900. The summed E-state index contributed by atoms with van der Waals surface area (Å²) in [6.07, 6.45) is 1.60. The van der Waals surface area contributed by atoms with Gasteiger partial charge in [-0.1, -0.05) is 5.16 Å². The van der Waals surface area contributed by atoms with E-state index in [1.54, 1.807) is 6.92 Å². The van der Waals surface area contributed by atoms with Crippen LogP contribution < -0.4 is 5.73 Å². The number of hydrogen-bond donors (Lipinski definition) is 1. The fourth-order valence-corrected chi connectivity index (χ4v) is 1.50. The predicted octanol–water partition coefficient (Wildman–Crippen LogP) is 0.833. The lowest BCUT2D eigenvalue weighted by Crippen LogP contribution is -2.05. The van der Waals surface area contributed by atoms with E-state index in [4.69, 9.17) is 10.6 Å². The number of nitrogens with two attached hydrogens (primary N) is 1. The maximum atomic E-state index is 10.8. The van der Waals surface area contributed by atoms with Crippen LogP contribution in [0.1, 0.15) is 12.6 Å². The van der Waals surface area contributed by atoms with Gasteiger partial charge in [-0.3, -0.25) is 0 Å². The fraction of sp³-hybridized carbons (Fsp3) is 0.444. The lowest BCUT2D eigenvalue weighted by Gasteiger charge is -1.96. The van der Waals surface area contributed by atoms with Crippen LogP contribution in [-0.4, -0.2) is 30.4 Å². The summed E-state index contributed by atoms with van der Waals surface area (Å²) in [6, 6.07) is 0. The number of carbonyl (C=O) groups is 1. The highest BCUT2D eigenvalue weighted by Crippen LogP contribution is 2.11. The van der Waals surface area contributed by atoms with Gasteiger partial charge in [0.2, 0.25) is 0 Å². The normalized spacial score (nSPS) is 10.6. The van der Waals surface area contributed by atoms with Crippen molar-refractivity contribution in [3.05, 3.63) is 11.1 Å². The zero-order valence-corrected chi connectivity index (χ0v) is 9.70.